The Balaban J connectivity index is 1.73. The summed E-state index contributed by atoms with van der Waals surface area (Å²) >= 11 is 0. The number of benzene rings is 2. The molecule has 1 aliphatic heterocycles. The molecule has 1 heterocycles. The van der Waals surface area contributed by atoms with Crippen LogP contribution in [0.5, 0.6) is 0 Å². The van der Waals surface area contributed by atoms with Gasteiger partial charge in [-0.1, -0.05) is 60.7 Å². The lowest BCUT2D eigenvalue weighted by Crippen LogP contribution is -2.42. The number of hydrogen-bond donors (Lipinski definition) is 1. The van der Waals surface area contributed by atoms with Gasteiger partial charge < -0.3 is 14.7 Å². The number of carbonyl (C=O) groups is 2. The molecule has 5 heteroatoms. The highest BCUT2D eigenvalue weighted by Crippen LogP contribution is 2.26. The van der Waals surface area contributed by atoms with Gasteiger partial charge in [-0.05, 0) is 24.0 Å². The molecule has 5 nitrogen and oxygen atoms in total. The minimum Gasteiger partial charge on any atom is -0.480 e. The van der Waals surface area contributed by atoms with Crippen molar-refractivity contribution in [3.63, 3.8) is 0 Å². The first-order chi connectivity index (χ1) is 12.2. The maximum atomic E-state index is 12.5. The van der Waals surface area contributed by atoms with Gasteiger partial charge in [0.05, 0.1) is 0 Å². The minimum atomic E-state index is -0.950. The Kier molecular flexibility index (Phi) is 5.46. The molecule has 0 bridgehead atoms. The number of rotatable bonds is 6. The third-order valence-corrected chi connectivity index (χ3v) is 4.44. The summed E-state index contributed by atoms with van der Waals surface area (Å²) in [4.78, 5) is 25.1. The second-order valence-electron chi connectivity index (χ2n) is 6.10. The van der Waals surface area contributed by atoms with Crippen LogP contribution in [0.4, 0.5) is 0 Å². The molecule has 0 radical (unpaired) electrons. The van der Waals surface area contributed by atoms with Crippen molar-refractivity contribution in [1.29, 1.82) is 0 Å². The number of nitrogens with zero attached hydrogens (tertiary/aromatic N) is 1. The lowest BCUT2D eigenvalue weighted by atomic mass is 10.0. The van der Waals surface area contributed by atoms with E-state index in [9.17, 15) is 14.7 Å². The third kappa shape index (κ3) is 4.06. The van der Waals surface area contributed by atoms with E-state index in [2.05, 4.69) is 0 Å². The van der Waals surface area contributed by atoms with Crippen LogP contribution in [-0.2, 0) is 14.3 Å². The van der Waals surface area contributed by atoms with Crippen molar-refractivity contribution in [1.82, 2.24) is 4.90 Å². The molecule has 1 saturated heterocycles. The number of carbonyl (C=O) groups excluding carboxylic acids is 1. The Morgan fingerprint density at radius 3 is 2.12 bits per heavy atom. The summed E-state index contributed by atoms with van der Waals surface area (Å²) < 4.78 is 5.93. The Bertz CT molecular complexity index is 677. The first-order valence-electron chi connectivity index (χ1n) is 8.40. The van der Waals surface area contributed by atoms with Crippen LogP contribution in [0, 0.1) is 0 Å². The van der Waals surface area contributed by atoms with Gasteiger partial charge in [0, 0.05) is 6.54 Å². The van der Waals surface area contributed by atoms with Gasteiger partial charge in [-0.2, -0.15) is 0 Å². The van der Waals surface area contributed by atoms with E-state index in [-0.39, 0.29) is 18.6 Å². The summed E-state index contributed by atoms with van der Waals surface area (Å²) in [5, 5.41) is 9.23. The molecular weight excluding hydrogens is 318 g/mol. The predicted octanol–water partition coefficient (Wildman–Crippen LogP) is 2.87. The first-order valence-corrected chi connectivity index (χ1v) is 8.40. The van der Waals surface area contributed by atoms with E-state index < -0.39 is 12.0 Å². The van der Waals surface area contributed by atoms with Gasteiger partial charge in [-0.15, -0.1) is 0 Å². The van der Waals surface area contributed by atoms with Crippen molar-refractivity contribution in [3.05, 3.63) is 71.8 Å². The van der Waals surface area contributed by atoms with Gasteiger partial charge in [0.25, 0.3) is 0 Å². The molecule has 1 amide bonds. The Morgan fingerprint density at radius 1 is 1.04 bits per heavy atom. The summed E-state index contributed by atoms with van der Waals surface area (Å²) in [6, 6.07) is 18.7. The average Bonchev–Trinajstić information content (AvgIpc) is 3.14. The van der Waals surface area contributed by atoms with Gasteiger partial charge >= 0.3 is 5.97 Å². The van der Waals surface area contributed by atoms with Crippen molar-refractivity contribution in [2.24, 2.45) is 0 Å². The maximum Gasteiger partial charge on any atom is 0.326 e. The molecule has 1 fully saturated rings. The fourth-order valence-corrected chi connectivity index (χ4v) is 3.20. The van der Waals surface area contributed by atoms with Crippen molar-refractivity contribution in [3.8, 4) is 0 Å². The van der Waals surface area contributed by atoms with Crippen LogP contribution < -0.4 is 0 Å². The number of ether oxygens (including phenoxy) is 1. The topological polar surface area (TPSA) is 66.8 Å². The van der Waals surface area contributed by atoms with E-state index in [0.717, 1.165) is 11.1 Å². The quantitative estimate of drug-likeness (QED) is 0.879. The molecule has 1 N–H and O–H groups in total. The van der Waals surface area contributed by atoms with E-state index in [4.69, 9.17) is 4.74 Å². The molecule has 130 valence electrons. The summed E-state index contributed by atoms with van der Waals surface area (Å²) in [6.45, 7) is 0.332. The van der Waals surface area contributed by atoms with Crippen LogP contribution in [-0.4, -0.2) is 41.1 Å². The van der Waals surface area contributed by atoms with E-state index in [1.54, 1.807) is 0 Å². The molecule has 0 aromatic heterocycles. The van der Waals surface area contributed by atoms with Crippen LogP contribution in [0.3, 0.4) is 0 Å². The zero-order valence-corrected chi connectivity index (χ0v) is 13.9. The highest BCUT2D eigenvalue weighted by atomic mass is 16.5. The number of carboxylic acids is 1. The van der Waals surface area contributed by atoms with Crippen LogP contribution in [0.1, 0.15) is 30.1 Å². The molecular formula is C20H21NO4. The van der Waals surface area contributed by atoms with Gasteiger partial charge in [0.2, 0.25) is 5.91 Å². The second-order valence-corrected chi connectivity index (χ2v) is 6.10. The standard InChI is InChI=1S/C20H21NO4/c22-18(21-13-7-12-17(21)20(23)24)14-25-19(15-8-3-1-4-9-15)16-10-5-2-6-11-16/h1-6,8-11,17,19H,7,12-14H2,(H,23,24)/t17-/m1/s1. The molecule has 1 aliphatic rings. The lowest BCUT2D eigenvalue weighted by molar-refractivity contribution is -0.150. The van der Waals surface area contributed by atoms with Crippen LogP contribution in [0.2, 0.25) is 0 Å². The second kappa shape index (κ2) is 7.94. The van der Waals surface area contributed by atoms with Crippen molar-refractivity contribution < 1.29 is 19.4 Å². The van der Waals surface area contributed by atoms with Crippen LogP contribution in [0.15, 0.2) is 60.7 Å². The number of likely N-dealkylation sites (tertiary alicyclic amines) is 1. The largest absolute Gasteiger partial charge is 0.480 e. The SMILES string of the molecule is O=C(O)[C@H]1CCCN1C(=O)COC(c1ccccc1)c1ccccc1. The molecule has 0 unspecified atom stereocenters. The monoisotopic (exact) mass is 339 g/mol. The molecule has 0 saturated carbocycles. The van der Waals surface area contributed by atoms with Gasteiger partial charge in [-0.25, -0.2) is 4.79 Å². The lowest BCUT2D eigenvalue weighted by Gasteiger charge is -2.24. The zero-order valence-electron chi connectivity index (χ0n) is 13.9. The third-order valence-electron chi connectivity index (χ3n) is 4.44. The fraction of sp³-hybridized carbons (Fsp3) is 0.300. The normalized spacial score (nSPS) is 17.0. The average molecular weight is 339 g/mol. The first kappa shape index (κ1) is 17.2. The Labute approximate surface area is 146 Å². The highest BCUT2D eigenvalue weighted by molar-refractivity contribution is 5.85. The molecule has 0 spiro atoms. The number of carboxylic acid groups (broad SMARTS) is 1. The van der Waals surface area contributed by atoms with Gasteiger partial charge in [-0.3, -0.25) is 4.79 Å². The van der Waals surface area contributed by atoms with E-state index >= 15 is 0 Å². The fourth-order valence-electron chi connectivity index (χ4n) is 3.20. The van der Waals surface area contributed by atoms with Crippen LogP contribution >= 0.6 is 0 Å². The van der Waals surface area contributed by atoms with Crippen LogP contribution in [0.25, 0.3) is 0 Å². The van der Waals surface area contributed by atoms with E-state index in [0.29, 0.717) is 19.4 Å². The summed E-state index contributed by atoms with van der Waals surface area (Å²) in [7, 11) is 0. The summed E-state index contributed by atoms with van der Waals surface area (Å²) in [5.74, 6) is -1.23. The molecule has 2 aromatic rings. The predicted molar refractivity (Wildman–Crippen MR) is 93.0 cm³/mol. The zero-order chi connectivity index (χ0) is 17.6. The van der Waals surface area contributed by atoms with E-state index in [1.165, 1.54) is 4.90 Å². The Morgan fingerprint density at radius 2 is 1.60 bits per heavy atom. The molecule has 2 aromatic carbocycles. The molecule has 3 rings (SSSR count). The smallest absolute Gasteiger partial charge is 0.326 e. The number of aliphatic carboxylic acids is 1. The minimum absolute atomic E-state index is 0.141. The number of amides is 1. The van der Waals surface area contributed by atoms with E-state index in [1.807, 2.05) is 60.7 Å². The molecule has 25 heavy (non-hydrogen) atoms. The molecule has 0 aliphatic carbocycles. The van der Waals surface area contributed by atoms with Gasteiger partial charge in [0.15, 0.2) is 0 Å². The summed E-state index contributed by atoms with van der Waals surface area (Å²) in [5.41, 5.74) is 1.91. The van der Waals surface area contributed by atoms with Gasteiger partial charge in [0.1, 0.15) is 18.8 Å². The maximum absolute atomic E-state index is 12.5. The molecule has 1 atom stereocenters. The number of hydrogen-bond acceptors (Lipinski definition) is 3. The Hall–Kier alpha value is -2.66. The highest BCUT2D eigenvalue weighted by Gasteiger charge is 2.34. The van der Waals surface area contributed by atoms with Crippen molar-refractivity contribution >= 4 is 11.9 Å². The summed E-state index contributed by atoms with van der Waals surface area (Å²) in [6.07, 6.45) is 0.850. The van der Waals surface area contributed by atoms with Crippen molar-refractivity contribution in [2.75, 3.05) is 13.2 Å². The van der Waals surface area contributed by atoms with Crippen molar-refractivity contribution in [2.45, 2.75) is 25.0 Å².